The van der Waals surface area contributed by atoms with Crippen molar-refractivity contribution in [2.45, 2.75) is 46.1 Å². The van der Waals surface area contributed by atoms with Gasteiger partial charge in [0.15, 0.2) is 6.61 Å². The third kappa shape index (κ3) is 6.17. The number of hydrogen-bond acceptors (Lipinski definition) is 2. The largest absolute Gasteiger partial charge is 0.483 e. The van der Waals surface area contributed by atoms with Crippen molar-refractivity contribution < 1.29 is 9.53 Å². The van der Waals surface area contributed by atoms with Crippen molar-refractivity contribution in [1.29, 1.82) is 0 Å². The third-order valence-corrected chi connectivity index (χ3v) is 4.85. The molecule has 140 valence electrons. The van der Waals surface area contributed by atoms with Gasteiger partial charge in [-0.3, -0.25) is 4.79 Å². The second-order valence-electron chi connectivity index (χ2n) is 7.29. The molecule has 0 radical (unpaired) electrons. The van der Waals surface area contributed by atoms with Gasteiger partial charge in [-0.15, -0.1) is 0 Å². The lowest BCUT2D eigenvalue weighted by molar-refractivity contribution is -0.124. The fraction of sp³-hybridized carbons (Fsp3) is 0.409. The lowest BCUT2D eigenvalue weighted by Crippen LogP contribution is -2.33. The molecule has 1 amide bonds. The van der Waals surface area contributed by atoms with Crippen LogP contribution < -0.4 is 10.1 Å². The third-order valence-electron chi connectivity index (χ3n) is 4.23. The summed E-state index contributed by atoms with van der Waals surface area (Å²) >= 11 is 3.53. The molecule has 0 aliphatic carbocycles. The first-order valence-corrected chi connectivity index (χ1v) is 9.92. The highest BCUT2D eigenvalue weighted by molar-refractivity contribution is 9.10. The van der Waals surface area contributed by atoms with E-state index in [0.717, 1.165) is 16.5 Å². The van der Waals surface area contributed by atoms with E-state index in [-0.39, 0.29) is 18.6 Å². The lowest BCUT2D eigenvalue weighted by Gasteiger charge is -2.21. The summed E-state index contributed by atoms with van der Waals surface area (Å²) in [6.45, 7) is 8.61. The van der Waals surface area contributed by atoms with E-state index < -0.39 is 0 Å². The van der Waals surface area contributed by atoms with Gasteiger partial charge in [0.1, 0.15) is 5.75 Å². The first-order chi connectivity index (χ1) is 12.4. The number of benzene rings is 2. The Kier molecular flexibility index (Phi) is 7.70. The van der Waals surface area contributed by atoms with E-state index in [2.05, 4.69) is 61.1 Å². The van der Waals surface area contributed by atoms with Gasteiger partial charge in [0.05, 0.1) is 10.5 Å². The number of carbonyl (C=O) groups excluding carboxylic acids is 1. The van der Waals surface area contributed by atoms with Crippen LogP contribution in [0.4, 0.5) is 0 Å². The maximum atomic E-state index is 12.4. The molecule has 1 unspecified atom stereocenters. The standard InChI is InChI=1S/C22H28BrNO2/c1-15(2)12-20(17-8-6-5-7-9-17)24-22(25)14-26-21-11-10-18(16(3)4)13-19(21)23/h5-11,13,15-16,20H,12,14H2,1-4H3,(H,24,25). The van der Waals surface area contributed by atoms with Crippen LogP contribution in [0.1, 0.15) is 57.2 Å². The SMILES string of the molecule is CC(C)CC(NC(=O)COc1ccc(C(C)C)cc1Br)c1ccccc1. The zero-order valence-electron chi connectivity index (χ0n) is 16.0. The number of ether oxygens (including phenoxy) is 1. The smallest absolute Gasteiger partial charge is 0.258 e. The molecule has 0 aliphatic heterocycles. The molecule has 3 nitrogen and oxygen atoms in total. The predicted octanol–water partition coefficient (Wildman–Crippen LogP) is 5.85. The summed E-state index contributed by atoms with van der Waals surface area (Å²) in [5.41, 5.74) is 2.35. The second kappa shape index (κ2) is 9.77. The molecular formula is C22H28BrNO2. The number of halogens is 1. The van der Waals surface area contributed by atoms with Crippen LogP contribution in [0.15, 0.2) is 53.0 Å². The molecule has 0 aromatic heterocycles. The summed E-state index contributed by atoms with van der Waals surface area (Å²) in [4.78, 5) is 12.4. The Morgan fingerprint density at radius 2 is 1.73 bits per heavy atom. The molecule has 0 spiro atoms. The Bertz CT molecular complexity index is 713. The van der Waals surface area contributed by atoms with Crippen molar-refractivity contribution >= 4 is 21.8 Å². The maximum Gasteiger partial charge on any atom is 0.258 e. The fourth-order valence-corrected chi connectivity index (χ4v) is 3.32. The highest BCUT2D eigenvalue weighted by Crippen LogP contribution is 2.29. The van der Waals surface area contributed by atoms with Crippen LogP contribution in [-0.2, 0) is 4.79 Å². The summed E-state index contributed by atoms with van der Waals surface area (Å²) in [7, 11) is 0. The van der Waals surface area contributed by atoms with E-state index >= 15 is 0 Å². The van der Waals surface area contributed by atoms with E-state index in [9.17, 15) is 4.79 Å². The summed E-state index contributed by atoms with van der Waals surface area (Å²) in [5.74, 6) is 1.51. The quantitative estimate of drug-likeness (QED) is 0.584. The van der Waals surface area contributed by atoms with E-state index in [0.29, 0.717) is 17.6 Å². The number of amides is 1. The molecule has 0 saturated heterocycles. The minimum atomic E-state index is -0.112. The van der Waals surface area contributed by atoms with Crippen molar-refractivity contribution in [3.8, 4) is 5.75 Å². The van der Waals surface area contributed by atoms with Gasteiger partial charge in [-0.2, -0.15) is 0 Å². The van der Waals surface area contributed by atoms with Gasteiger partial charge in [0, 0.05) is 0 Å². The first-order valence-electron chi connectivity index (χ1n) is 9.13. The van der Waals surface area contributed by atoms with Crippen molar-refractivity contribution in [1.82, 2.24) is 5.32 Å². The molecular weight excluding hydrogens is 390 g/mol. The van der Waals surface area contributed by atoms with E-state index in [1.807, 2.05) is 36.4 Å². The Hall–Kier alpha value is -1.81. The van der Waals surface area contributed by atoms with Gasteiger partial charge in [0.2, 0.25) is 0 Å². The molecule has 2 aromatic carbocycles. The Labute approximate surface area is 165 Å². The maximum absolute atomic E-state index is 12.4. The van der Waals surface area contributed by atoms with Crippen LogP contribution in [-0.4, -0.2) is 12.5 Å². The average Bonchev–Trinajstić information content (AvgIpc) is 2.60. The predicted molar refractivity (Wildman–Crippen MR) is 111 cm³/mol. The first kappa shape index (κ1) is 20.5. The van der Waals surface area contributed by atoms with Crippen LogP contribution in [0.25, 0.3) is 0 Å². The molecule has 2 rings (SSSR count). The molecule has 0 fully saturated rings. The number of nitrogens with one attached hydrogen (secondary N) is 1. The summed E-state index contributed by atoms with van der Waals surface area (Å²) in [5, 5.41) is 3.10. The van der Waals surface area contributed by atoms with Gasteiger partial charge < -0.3 is 10.1 Å². The average molecular weight is 418 g/mol. The molecule has 0 heterocycles. The van der Waals surface area contributed by atoms with Gasteiger partial charge in [-0.05, 0) is 57.4 Å². The highest BCUT2D eigenvalue weighted by Gasteiger charge is 2.16. The molecule has 0 saturated carbocycles. The molecule has 1 N–H and O–H groups in total. The van der Waals surface area contributed by atoms with E-state index in [1.165, 1.54) is 5.56 Å². The molecule has 2 aromatic rings. The van der Waals surface area contributed by atoms with Crippen molar-refractivity contribution in [3.05, 3.63) is 64.1 Å². The zero-order valence-corrected chi connectivity index (χ0v) is 17.5. The summed E-state index contributed by atoms with van der Waals surface area (Å²) < 4.78 is 6.59. The second-order valence-corrected chi connectivity index (χ2v) is 8.15. The molecule has 26 heavy (non-hydrogen) atoms. The van der Waals surface area contributed by atoms with Crippen molar-refractivity contribution in [2.75, 3.05) is 6.61 Å². The Morgan fingerprint density at radius 3 is 2.31 bits per heavy atom. The van der Waals surface area contributed by atoms with Crippen molar-refractivity contribution in [3.63, 3.8) is 0 Å². The fourth-order valence-electron chi connectivity index (χ4n) is 2.81. The van der Waals surface area contributed by atoms with Crippen molar-refractivity contribution in [2.24, 2.45) is 5.92 Å². The van der Waals surface area contributed by atoms with Crippen LogP contribution in [0.5, 0.6) is 5.75 Å². The van der Waals surface area contributed by atoms with Gasteiger partial charge >= 0.3 is 0 Å². The molecule has 0 bridgehead atoms. The summed E-state index contributed by atoms with van der Waals surface area (Å²) in [6.07, 6.45) is 0.891. The summed E-state index contributed by atoms with van der Waals surface area (Å²) in [6, 6.07) is 16.1. The monoisotopic (exact) mass is 417 g/mol. The van der Waals surface area contributed by atoms with Crippen LogP contribution in [0.2, 0.25) is 0 Å². The number of carbonyl (C=O) groups is 1. The molecule has 4 heteroatoms. The molecule has 1 atom stereocenters. The zero-order chi connectivity index (χ0) is 19.1. The molecule has 0 aliphatic rings. The number of hydrogen-bond donors (Lipinski definition) is 1. The van der Waals surface area contributed by atoms with Gasteiger partial charge in [0.25, 0.3) is 5.91 Å². The van der Waals surface area contributed by atoms with Gasteiger partial charge in [-0.1, -0.05) is 64.1 Å². The van der Waals surface area contributed by atoms with Gasteiger partial charge in [-0.25, -0.2) is 0 Å². The normalized spacial score (nSPS) is 12.3. The van der Waals surface area contributed by atoms with Crippen LogP contribution in [0, 0.1) is 5.92 Å². The number of rotatable bonds is 8. The highest BCUT2D eigenvalue weighted by atomic mass is 79.9. The topological polar surface area (TPSA) is 38.3 Å². The minimum Gasteiger partial charge on any atom is -0.483 e. The minimum absolute atomic E-state index is 0.000873. The van der Waals surface area contributed by atoms with E-state index in [4.69, 9.17) is 4.74 Å². The van der Waals surface area contributed by atoms with E-state index in [1.54, 1.807) is 0 Å². The Morgan fingerprint density at radius 1 is 1.04 bits per heavy atom. The lowest BCUT2D eigenvalue weighted by atomic mass is 9.97. The van der Waals surface area contributed by atoms with Crippen LogP contribution >= 0.6 is 15.9 Å². The van der Waals surface area contributed by atoms with Crippen LogP contribution in [0.3, 0.4) is 0 Å². The Balaban J connectivity index is 1.98.